The fraction of sp³-hybridized carbons (Fsp3) is 0.930. The van der Waals surface area contributed by atoms with Gasteiger partial charge in [-0.15, -0.1) is 0 Å². The highest BCUT2D eigenvalue weighted by atomic mass is 16.7. The number of nitrogens with one attached hydrogen (secondary N) is 3. The molecule has 67 heavy (non-hydrogen) atoms. The molecule has 9 unspecified atom stereocenters. The maximum atomic E-state index is 11.7. The van der Waals surface area contributed by atoms with Crippen LogP contribution in [0.4, 0.5) is 0 Å². The summed E-state index contributed by atoms with van der Waals surface area (Å²) in [5.74, 6) is -1.33. The zero-order chi connectivity index (χ0) is 49.5. The summed E-state index contributed by atoms with van der Waals surface area (Å²) in [6, 6.07) is -3.07. The maximum Gasteiger partial charge on any atom is 0.217 e. The molecule has 24 heteroatoms. The number of carbonyl (C=O) groups is 3. The Kier molecular flexibility index (Phi) is 27.4. The monoisotopic (exact) mass is 974 g/mol. The number of ether oxygens (including phenoxy) is 9. The van der Waals surface area contributed by atoms with Crippen molar-refractivity contribution in [2.24, 2.45) is 5.41 Å². The minimum absolute atomic E-state index is 0.181. The average Bonchev–Trinajstić information content (AvgIpc) is 3.28. The normalized spacial score (nSPS) is 33.2. The van der Waals surface area contributed by atoms with Gasteiger partial charge in [0.25, 0.3) is 0 Å². The standard InChI is InChI=1S/C43H79N3O21/c1-25(50)44-31-37(56)34(53)28(19-47)65-40(31)62-16-9-5-7-13-59-22-43(4,24-61-15-11-12-18-64-42-33(46-27(3)52)39(58)36(55)30(21-49)67-42)23-60-14-8-6-10-17-63-41-32(45-26(2)51)38(57)35(54)29(20-48)66-41/h28-42,47-49,53-58H,5-24H2,1-4H3,(H,44,50)(H,45,51)(H,46,52)/t28?,29?,30?,31?,32?,33?,34-,35-,36-,37?,38?,39?,40+,41+,42+,43?/m0/s1. The van der Waals surface area contributed by atoms with Gasteiger partial charge in [0.15, 0.2) is 18.9 Å². The predicted molar refractivity (Wildman–Crippen MR) is 231 cm³/mol. The van der Waals surface area contributed by atoms with E-state index in [-0.39, 0.29) is 19.8 Å². The zero-order valence-electron chi connectivity index (χ0n) is 39.2. The van der Waals surface area contributed by atoms with Gasteiger partial charge in [0, 0.05) is 65.8 Å². The molecule has 392 valence electrons. The molecule has 0 bridgehead atoms. The van der Waals surface area contributed by atoms with Crippen molar-refractivity contribution in [1.29, 1.82) is 0 Å². The van der Waals surface area contributed by atoms with Gasteiger partial charge < -0.3 is 105 Å². The molecule has 0 aliphatic carbocycles. The van der Waals surface area contributed by atoms with Crippen molar-refractivity contribution in [2.45, 2.75) is 171 Å². The fourth-order valence-electron chi connectivity index (χ4n) is 7.79. The topological polar surface area (TPSA) is 352 Å². The lowest BCUT2D eigenvalue weighted by Gasteiger charge is -2.42. The molecule has 3 fully saturated rings. The van der Waals surface area contributed by atoms with Crippen molar-refractivity contribution in [2.75, 3.05) is 79.3 Å². The minimum Gasteiger partial charge on any atom is -0.394 e. The first-order chi connectivity index (χ1) is 32.0. The summed E-state index contributed by atoms with van der Waals surface area (Å²) in [5, 5.41) is 98.5. The number of aliphatic hydroxyl groups is 9. The molecule has 0 aromatic heterocycles. The van der Waals surface area contributed by atoms with Crippen molar-refractivity contribution in [3.8, 4) is 0 Å². The Labute approximate surface area is 391 Å². The first-order valence-corrected chi connectivity index (χ1v) is 23.2. The second-order valence-corrected chi connectivity index (χ2v) is 17.7. The van der Waals surface area contributed by atoms with Crippen molar-refractivity contribution in [1.82, 2.24) is 16.0 Å². The van der Waals surface area contributed by atoms with Gasteiger partial charge in [-0.2, -0.15) is 0 Å². The van der Waals surface area contributed by atoms with Crippen LogP contribution in [0.25, 0.3) is 0 Å². The number of carbonyl (C=O) groups excluding carboxylic acids is 3. The Morgan fingerprint density at radius 3 is 0.955 bits per heavy atom. The molecule has 3 saturated heterocycles. The second-order valence-electron chi connectivity index (χ2n) is 17.7. The van der Waals surface area contributed by atoms with Gasteiger partial charge in [-0.3, -0.25) is 14.4 Å². The summed E-state index contributed by atoms with van der Waals surface area (Å²) >= 11 is 0. The first-order valence-electron chi connectivity index (χ1n) is 23.2. The summed E-state index contributed by atoms with van der Waals surface area (Å²) in [4.78, 5) is 35.1. The Morgan fingerprint density at radius 2 is 0.687 bits per heavy atom. The summed E-state index contributed by atoms with van der Waals surface area (Å²) in [6.07, 6.45) is -9.76. The Bertz CT molecular complexity index is 1340. The van der Waals surface area contributed by atoms with E-state index in [1.807, 2.05) is 6.92 Å². The molecule has 3 heterocycles. The molecule has 3 amide bonds. The lowest BCUT2D eigenvalue weighted by atomic mass is 9.94. The van der Waals surface area contributed by atoms with Crippen LogP contribution in [-0.4, -0.2) is 235 Å². The van der Waals surface area contributed by atoms with Crippen molar-refractivity contribution in [3.63, 3.8) is 0 Å². The van der Waals surface area contributed by atoms with Crippen LogP contribution in [0.2, 0.25) is 0 Å². The van der Waals surface area contributed by atoms with Gasteiger partial charge in [0.2, 0.25) is 17.7 Å². The largest absolute Gasteiger partial charge is 0.394 e. The van der Waals surface area contributed by atoms with Gasteiger partial charge in [0.1, 0.15) is 73.1 Å². The summed E-state index contributed by atoms with van der Waals surface area (Å²) < 4.78 is 52.5. The predicted octanol–water partition coefficient (Wildman–Crippen LogP) is -3.96. The van der Waals surface area contributed by atoms with E-state index in [1.54, 1.807) is 0 Å². The van der Waals surface area contributed by atoms with E-state index in [0.29, 0.717) is 91.0 Å². The van der Waals surface area contributed by atoms with E-state index in [1.165, 1.54) is 20.8 Å². The van der Waals surface area contributed by atoms with E-state index in [9.17, 15) is 60.3 Å². The molecule has 3 aliphatic rings. The SMILES string of the molecule is CC(=O)NC1C(O)[C@@H](O)C(CO)O[C@H]1OCCCCCOCC(C)(COCCCCCO[C@@H]1OC(CO)[C@H](O)C(O)C1NC(C)=O)COCCCCO[C@@H]1OC(CO)[C@H](O)C(O)C1NC(C)=O. The quantitative estimate of drug-likeness (QED) is 0.0286. The molecule has 12 N–H and O–H groups in total. The van der Waals surface area contributed by atoms with E-state index in [4.69, 9.17) is 42.6 Å². The molecule has 3 rings (SSSR count). The van der Waals surface area contributed by atoms with Crippen LogP contribution in [-0.2, 0) is 57.0 Å². The van der Waals surface area contributed by atoms with E-state index < -0.39 is 135 Å². The average molecular weight is 974 g/mol. The summed E-state index contributed by atoms with van der Waals surface area (Å²) in [7, 11) is 0. The Morgan fingerprint density at radius 1 is 0.433 bits per heavy atom. The lowest BCUT2D eigenvalue weighted by molar-refractivity contribution is -0.270. The van der Waals surface area contributed by atoms with Crippen LogP contribution in [0, 0.1) is 5.41 Å². The van der Waals surface area contributed by atoms with Crippen LogP contribution in [0.1, 0.15) is 79.1 Å². The minimum atomic E-state index is -1.41. The van der Waals surface area contributed by atoms with E-state index in [0.717, 1.165) is 0 Å². The van der Waals surface area contributed by atoms with Gasteiger partial charge in [-0.1, -0.05) is 6.92 Å². The third kappa shape index (κ3) is 19.8. The fourth-order valence-corrected chi connectivity index (χ4v) is 7.79. The van der Waals surface area contributed by atoms with Crippen molar-refractivity contribution < 1.29 is 103 Å². The van der Waals surface area contributed by atoms with Gasteiger partial charge in [-0.05, 0) is 51.4 Å². The van der Waals surface area contributed by atoms with E-state index in [2.05, 4.69) is 16.0 Å². The van der Waals surface area contributed by atoms with Crippen LogP contribution < -0.4 is 16.0 Å². The van der Waals surface area contributed by atoms with Crippen LogP contribution >= 0.6 is 0 Å². The number of aliphatic hydroxyl groups excluding tert-OH is 9. The molecule has 24 nitrogen and oxygen atoms in total. The van der Waals surface area contributed by atoms with Crippen LogP contribution in [0.5, 0.6) is 0 Å². The second kappa shape index (κ2) is 31.1. The van der Waals surface area contributed by atoms with Crippen molar-refractivity contribution in [3.05, 3.63) is 0 Å². The molecule has 15 atom stereocenters. The third-order valence-electron chi connectivity index (χ3n) is 11.5. The molecule has 0 aromatic rings. The third-order valence-corrected chi connectivity index (χ3v) is 11.5. The lowest BCUT2D eigenvalue weighted by Crippen LogP contribution is -2.64. The molecular weight excluding hydrogens is 894 g/mol. The van der Waals surface area contributed by atoms with Gasteiger partial charge in [-0.25, -0.2) is 0 Å². The number of hydrogen-bond donors (Lipinski definition) is 12. The number of rotatable bonds is 32. The summed E-state index contributed by atoms with van der Waals surface area (Å²) in [6.45, 7) is 6.91. The molecule has 0 saturated carbocycles. The molecule has 3 aliphatic heterocycles. The van der Waals surface area contributed by atoms with E-state index >= 15 is 0 Å². The molecule has 0 aromatic carbocycles. The van der Waals surface area contributed by atoms with Gasteiger partial charge in [0.05, 0.1) is 39.6 Å². The Balaban J connectivity index is 1.43. The highest BCUT2D eigenvalue weighted by Crippen LogP contribution is 2.26. The highest BCUT2D eigenvalue weighted by Gasteiger charge is 2.47. The summed E-state index contributed by atoms with van der Waals surface area (Å²) in [5.41, 5.74) is -0.544. The maximum absolute atomic E-state index is 11.7. The van der Waals surface area contributed by atoms with Crippen LogP contribution in [0.15, 0.2) is 0 Å². The number of amides is 3. The van der Waals surface area contributed by atoms with Crippen LogP contribution in [0.3, 0.4) is 0 Å². The Hall–Kier alpha value is -2.31. The van der Waals surface area contributed by atoms with Crippen molar-refractivity contribution >= 4 is 17.7 Å². The molecule has 0 radical (unpaired) electrons. The number of unbranched alkanes of at least 4 members (excludes halogenated alkanes) is 5. The van der Waals surface area contributed by atoms with Gasteiger partial charge >= 0.3 is 0 Å². The molecular formula is C43H79N3O21. The smallest absolute Gasteiger partial charge is 0.217 e. The zero-order valence-corrected chi connectivity index (χ0v) is 39.2. The molecule has 0 spiro atoms. The number of hydrogen-bond acceptors (Lipinski definition) is 21. The highest BCUT2D eigenvalue weighted by molar-refractivity contribution is 5.74. The first kappa shape index (κ1) is 59.0.